The molecule has 672 valence electrons. The molecule has 0 aliphatic carbocycles. The lowest BCUT2D eigenvalue weighted by atomic mass is 10.1. The third-order valence-corrected chi connectivity index (χ3v) is 25.3. The van der Waals surface area contributed by atoms with Gasteiger partial charge in [-0.2, -0.15) is 15.0 Å². The molecule has 0 bridgehead atoms. The standard InChI is InChI=1S/3C31H32F2N6O3S/c3*1-7-24(41)37-14-18(5)38(15-17(37)4)29-19-13-21(33)27(25-20(32)9-8-10-22(25)40)35-30(19)39(31(42)36-29)28-23(43-6)11-12-34-26(28)16(2)3/h3*7-13,16-18,40H,1,14-15H2,2-6H3/t3*17-,18+/m111/s1. The van der Waals surface area contributed by atoms with Crippen LogP contribution in [0.25, 0.3) is 83.9 Å². The highest BCUT2D eigenvalue weighted by Crippen LogP contribution is 2.44. The molecule has 3 amide bonds. The number of halogens is 6. The quantitative estimate of drug-likeness (QED) is 0.0408. The van der Waals surface area contributed by atoms with E-state index in [1.807, 2.05) is 117 Å². The molecular formula is C93H96F6N18O9S3. The van der Waals surface area contributed by atoms with E-state index in [4.69, 9.17) is 0 Å². The molecule has 0 spiro atoms. The Morgan fingerprint density at radius 3 is 0.845 bits per heavy atom. The Hall–Kier alpha value is -13.0. The topological polar surface area (TPSA) is 313 Å². The normalized spacial score (nSPS) is 17.1. The van der Waals surface area contributed by atoms with Gasteiger partial charge in [-0.3, -0.25) is 29.3 Å². The average molecular weight is 1820 g/mol. The first-order valence-electron chi connectivity index (χ1n) is 41.5. The summed E-state index contributed by atoms with van der Waals surface area (Å²) in [6, 6.07) is 18.1. The number of carbonyl (C=O) groups is 3. The summed E-state index contributed by atoms with van der Waals surface area (Å²) in [6.45, 7) is 35.6. The molecule has 3 N–H and O–H groups in total. The van der Waals surface area contributed by atoms with Crippen LogP contribution in [-0.2, 0) is 14.4 Å². The number of amides is 3. The Morgan fingerprint density at radius 2 is 0.628 bits per heavy atom. The number of rotatable bonds is 18. The second-order valence-corrected chi connectivity index (χ2v) is 35.0. The van der Waals surface area contributed by atoms with Crippen molar-refractivity contribution in [3.8, 4) is 68.1 Å². The van der Waals surface area contributed by atoms with E-state index in [0.29, 0.717) is 73.4 Å². The summed E-state index contributed by atoms with van der Waals surface area (Å²) in [6.07, 6.45) is 14.3. The number of benzene rings is 3. The molecule has 3 aromatic carbocycles. The second-order valence-electron chi connectivity index (χ2n) is 32.5. The molecule has 3 aliphatic rings. The van der Waals surface area contributed by atoms with E-state index in [9.17, 15) is 57.3 Å². The molecule has 6 atom stereocenters. The second kappa shape index (κ2) is 38.5. The van der Waals surface area contributed by atoms with E-state index in [2.05, 4.69) is 64.6 Å². The molecule has 12 heterocycles. The number of aromatic nitrogens is 12. The Labute approximate surface area is 752 Å². The van der Waals surface area contributed by atoms with Crippen molar-refractivity contribution in [1.29, 1.82) is 0 Å². The van der Waals surface area contributed by atoms with Gasteiger partial charge < -0.3 is 44.7 Å². The number of pyridine rings is 6. The maximum absolute atomic E-state index is 15.9. The van der Waals surface area contributed by atoms with Gasteiger partial charge in [0.05, 0.1) is 67.0 Å². The van der Waals surface area contributed by atoms with Crippen LogP contribution in [0.4, 0.5) is 43.8 Å². The van der Waals surface area contributed by atoms with Crippen LogP contribution in [0.2, 0.25) is 0 Å². The van der Waals surface area contributed by atoms with Gasteiger partial charge in [0.25, 0.3) is 0 Å². The van der Waals surface area contributed by atoms with Crippen LogP contribution in [0.15, 0.2) is 177 Å². The Morgan fingerprint density at radius 1 is 0.380 bits per heavy atom. The fourth-order valence-corrected chi connectivity index (χ4v) is 18.4. The van der Waals surface area contributed by atoms with E-state index in [-0.39, 0.29) is 122 Å². The number of hydrogen-bond donors (Lipinski definition) is 3. The van der Waals surface area contributed by atoms with Crippen molar-refractivity contribution in [1.82, 2.24) is 73.3 Å². The number of nitrogens with zero attached hydrogens (tertiary/aromatic N) is 18. The molecule has 9 aromatic heterocycles. The zero-order valence-corrected chi connectivity index (χ0v) is 76.0. The molecule has 0 saturated carbocycles. The lowest BCUT2D eigenvalue weighted by molar-refractivity contribution is -0.129. The van der Waals surface area contributed by atoms with Gasteiger partial charge in [0.2, 0.25) is 17.7 Å². The molecule has 129 heavy (non-hydrogen) atoms. The van der Waals surface area contributed by atoms with Gasteiger partial charge in [-0.15, -0.1) is 35.3 Å². The van der Waals surface area contributed by atoms with Gasteiger partial charge in [-0.1, -0.05) is 79.5 Å². The molecule has 36 heteroatoms. The van der Waals surface area contributed by atoms with Gasteiger partial charge in [-0.25, -0.2) is 69.4 Å². The van der Waals surface area contributed by atoms with Crippen LogP contribution >= 0.6 is 35.3 Å². The number of thioether (sulfide) groups is 3. The Kier molecular flexibility index (Phi) is 28.0. The minimum Gasteiger partial charge on any atom is -0.507 e. The minimum absolute atomic E-state index is 0.0312. The van der Waals surface area contributed by atoms with Crippen molar-refractivity contribution >= 4 is 104 Å². The zero-order chi connectivity index (χ0) is 93.5. The summed E-state index contributed by atoms with van der Waals surface area (Å²) in [5, 5.41) is 32.2. The Balaban J connectivity index is 0.000000165. The summed E-state index contributed by atoms with van der Waals surface area (Å²) in [5.74, 6) is -7.14. The summed E-state index contributed by atoms with van der Waals surface area (Å²) in [5.41, 5.74) is -1.39. The predicted molar refractivity (Wildman–Crippen MR) is 492 cm³/mol. The highest BCUT2D eigenvalue weighted by molar-refractivity contribution is 7.99. The number of fused-ring (bicyclic) bond motifs is 3. The summed E-state index contributed by atoms with van der Waals surface area (Å²) < 4.78 is 96.7. The zero-order valence-electron chi connectivity index (χ0n) is 73.5. The highest BCUT2D eigenvalue weighted by Gasteiger charge is 2.40. The van der Waals surface area contributed by atoms with Gasteiger partial charge in [0.15, 0.2) is 34.4 Å². The average Bonchev–Trinajstić information content (AvgIpc) is 0.738. The molecule has 3 saturated heterocycles. The number of piperazine rings is 3. The molecule has 0 unspecified atom stereocenters. The van der Waals surface area contributed by atoms with Crippen LogP contribution in [-0.4, -0.2) is 201 Å². The largest absolute Gasteiger partial charge is 0.507 e. The first kappa shape index (κ1) is 93.7. The van der Waals surface area contributed by atoms with Crippen LogP contribution in [0, 0.1) is 34.9 Å². The van der Waals surface area contributed by atoms with Crippen LogP contribution in [0.1, 0.15) is 118 Å². The van der Waals surface area contributed by atoms with Crippen LogP contribution in [0.3, 0.4) is 0 Å². The van der Waals surface area contributed by atoms with Crippen molar-refractivity contribution in [2.75, 3.05) is 72.7 Å². The van der Waals surface area contributed by atoms with Gasteiger partial charge in [0.1, 0.15) is 69.2 Å². The summed E-state index contributed by atoms with van der Waals surface area (Å²) in [7, 11) is 0. The molecule has 15 rings (SSSR count). The van der Waals surface area contributed by atoms with E-state index in [1.54, 1.807) is 51.5 Å². The lowest BCUT2D eigenvalue weighted by Crippen LogP contribution is -2.58. The van der Waals surface area contributed by atoms with Gasteiger partial charge in [-0.05, 0) is 169 Å². The number of aromatic hydroxyl groups is 3. The molecule has 3 fully saturated rings. The molecule has 12 aromatic rings. The fourth-order valence-electron chi connectivity index (χ4n) is 16.7. The lowest BCUT2D eigenvalue weighted by Gasteiger charge is -2.44. The molecule has 27 nitrogen and oxygen atoms in total. The molecular weight excluding hydrogens is 1720 g/mol. The number of anilines is 3. The number of phenolic OH excluding ortho intramolecular Hbond substituents is 3. The SMILES string of the molecule is C=CC(=O)N1C[C@H](C)N(c2nc(=O)n(-c3c(SC)ccnc3C(C)C)c3nc(-c4c(O)cccc4F)c(F)cc23)C[C@H]1C.C=CC(=O)N1C[C@H](C)N(c2nc(=O)n(-c3c(SC)ccnc3C(C)C)c3nc(-c4c(O)cccc4F)c(F)cc23)C[C@H]1C.C=CC(=O)N1C[C@H](C)N(c2nc(=O)n(-c3c(SC)ccnc3C(C)C)c3nc(-c4c(O)cccc4F)c(F)cc23)C[C@H]1C. The summed E-state index contributed by atoms with van der Waals surface area (Å²) >= 11 is 4.20. The van der Waals surface area contributed by atoms with Crippen molar-refractivity contribution in [3.05, 3.63) is 231 Å². The van der Waals surface area contributed by atoms with E-state index in [1.165, 1.54) is 122 Å². The Bertz CT molecular complexity index is 6000. The maximum atomic E-state index is 15.9. The van der Waals surface area contributed by atoms with E-state index in [0.717, 1.165) is 32.9 Å². The van der Waals surface area contributed by atoms with Gasteiger partial charge in [0, 0.05) is 109 Å². The minimum atomic E-state index is -0.900. The predicted octanol–water partition coefficient (Wildman–Crippen LogP) is 15.9. The molecule has 0 radical (unpaired) electrons. The van der Waals surface area contributed by atoms with Crippen LogP contribution < -0.4 is 31.8 Å². The first-order valence-corrected chi connectivity index (χ1v) is 45.1. The maximum Gasteiger partial charge on any atom is 0.355 e. The van der Waals surface area contributed by atoms with Crippen LogP contribution in [0.5, 0.6) is 17.2 Å². The number of carbonyl (C=O) groups excluding carboxylic acids is 3. The fraction of sp³-hybridized carbons (Fsp3) is 0.323. The third kappa shape index (κ3) is 17.8. The first-order chi connectivity index (χ1) is 61.4. The van der Waals surface area contributed by atoms with Crippen molar-refractivity contribution < 1.29 is 56.0 Å². The summed E-state index contributed by atoms with van der Waals surface area (Å²) in [4.78, 5) is 133. The van der Waals surface area contributed by atoms with E-state index < -0.39 is 103 Å². The van der Waals surface area contributed by atoms with Crippen molar-refractivity contribution in [2.45, 2.75) is 152 Å². The van der Waals surface area contributed by atoms with E-state index >= 15 is 13.2 Å². The number of phenols is 3. The van der Waals surface area contributed by atoms with Crippen molar-refractivity contribution in [2.24, 2.45) is 0 Å². The number of hydrogen-bond acceptors (Lipinski definition) is 24. The smallest absolute Gasteiger partial charge is 0.355 e. The highest BCUT2D eigenvalue weighted by atomic mass is 32.2. The van der Waals surface area contributed by atoms with Crippen molar-refractivity contribution in [3.63, 3.8) is 0 Å². The van der Waals surface area contributed by atoms with Gasteiger partial charge >= 0.3 is 17.1 Å². The molecule has 3 aliphatic heterocycles. The third-order valence-electron chi connectivity index (χ3n) is 23.0. The monoisotopic (exact) mass is 1820 g/mol.